The standard InChI is InChI=1S/C31H39ClN2O4/c1-21-26(8-5-10-30(21)37-15-7-13-34-14-12-25(35)19-34)27-9-6-11-31(22(27)2)38-20-24-17-29(36)23(16-28(24)32)18-33(3)4/h5-6,8-11,16-17,25,35-36H,7,12-15,18-20H2,1-4H3/t25-/m1/s1. The molecule has 3 aromatic rings. The van der Waals surface area contributed by atoms with Crippen LogP contribution in [0.2, 0.25) is 5.02 Å². The first-order valence-electron chi connectivity index (χ1n) is 13.2. The van der Waals surface area contributed by atoms with Gasteiger partial charge in [-0.3, -0.25) is 0 Å². The van der Waals surface area contributed by atoms with E-state index >= 15 is 0 Å². The van der Waals surface area contributed by atoms with E-state index in [1.807, 2.05) is 49.3 Å². The van der Waals surface area contributed by atoms with Crippen molar-refractivity contribution in [1.82, 2.24) is 9.80 Å². The molecule has 0 spiro atoms. The summed E-state index contributed by atoms with van der Waals surface area (Å²) in [5.74, 6) is 1.88. The maximum Gasteiger partial charge on any atom is 0.123 e. The highest BCUT2D eigenvalue weighted by atomic mass is 35.5. The molecule has 0 bridgehead atoms. The largest absolute Gasteiger partial charge is 0.508 e. The summed E-state index contributed by atoms with van der Waals surface area (Å²) in [5, 5.41) is 20.7. The molecule has 0 amide bonds. The van der Waals surface area contributed by atoms with Gasteiger partial charge in [0.2, 0.25) is 0 Å². The lowest BCUT2D eigenvalue weighted by atomic mass is 9.95. The number of hydrogen-bond acceptors (Lipinski definition) is 6. The molecule has 6 nitrogen and oxygen atoms in total. The van der Waals surface area contributed by atoms with Crippen molar-refractivity contribution in [2.24, 2.45) is 0 Å². The summed E-state index contributed by atoms with van der Waals surface area (Å²) in [6, 6.07) is 15.7. The third-order valence-electron chi connectivity index (χ3n) is 7.10. The molecule has 0 saturated carbocycles. The molecule has 1 aliphatic heterocycles. The normalized spacial score (nSPS) is 15.8. The second-order valence-electron chi connectivity index (χ2n) is 10.4. The fourth-order valence-electron chi connectivity index (χ4n) is 4.99. The van der Waals surface area contributed by atoms with Crippen LogP contribution in [0, 0.1) is 13.8 Å². The minimum atomic E-state index is -0.185. The second kappa shape index (κ2) is 12.9. The molecule has 0 radical (unpaired) electrons. The van der Waals surface area contributed by atoms with Crippen molar-refractivity contribution in [1.29, 1.82) is 0 Å². The smallest absolute Gasteiger partial charge is 0.123 e. The minimum absolute atomic E-state index is 0.185. The van der Waals surface area contributed by atoms with Crippen LogP contribution in [0.25, 0.3) is 11.1 Å². The van der Waals surface area contributed by atoms with Gasteiger partial charge >= 0.3 is 0 Å². The van der Waals surface area contributed by atoms with E-state index in [0.717, 1.165) is 77.4 Å². The number of aliphatic hydroxyl groups excluding tert-OH is 1. The summed E-state index contributed by atoms with van der Waals surface area (Å²) in [6.45, 7) is 8.32. The van der Waals surface area contributed by atoms with Crippen LogP contribution in [-0.4, -0.2) is 66.5 Å². The SMILES string of the molecule is Cc1c(OCCCN2CC[C@@H](O)C2)cccc1-c1cccc(OCc2cc(O)c(CN(C)C)cc2Cl)c1C. The Morgan fingerprint density at radius 3 is 2.24 bits per heavy atom. The summed E-state index contributed by atoms with van der Waals surface area (Å²) in [4.78, 5) is 4.28. The molecule has 0 unspecified atom stereocenters. The number of likely N-dealkylation sites (tertiary alicyclic amines) is 1. The van der Waals surface area contributed by atoms with Crippen molar-refractivity contribution in [2.45, 2.75) is 45.9 Å². The van der Waals surface area contributed by atoms with Gasteiger partial charge in [-0.1, -0.05) is 35.9 Å². The van der Waals surface area contributed by atoms with Crippen molar-refractivity contribution < 1.29 is 19.7 Å². The lowest BCUT2D eigenvalue weighted by Crippen LogP contribution is -2.24. The Morgan fingerprint density at radius 1 is 0.974 bits per heavy atom. The molecule has 0 aromatic heterocycles. The minimum Gasteiger partial charge on any atom is -0.508 e. The van der Waals surface area contributed by atoms with E-state index in [9.17, 15) is 10.2 Å². The summed E-state index contributed by atoms with van der Waals surface area (Å²) in [7, 11) is 3.90. The number of hydrogen-bond donors (Lipinski definition) is 2. The van der Waals surface area contributed by atoms with Crippen LogP contribution in [0.3, 0.4) is 0 Å². The number of halogens is 1. The number of benzene rings is 3. The second-order valence-corrected chi connectivity index (χ2v) is 10.8. The van der Waals surface area contributed by atoms with Crippen LogP contribution in [0.15, 0.2) is 48.5 Å². The van der Waals surface area contributed by atoms with Crippen molar-refractivity contribution in [3.63, 3.8) is 0 Å². The van der Waals surface area contributed by atoms with E-state index < -0.39 is 0 Å². The van der Waals surface area contributed by atoms with E-state index in [2.05, 4.69) is 30.9 Å². The molecule has 1 saturated heterocycles. The molecule has 204 valence electrons. The van der Waals surface area contributed by atoms with Gasteiger partial charge in [0.15, 0.2) is 0 Å². The monoisotopic (exact) mass is 538 g/mol. The van der Waals surface area contributed by atoms with Crippen LogP contribution >= 0.6 is 11.6 Å². The Kier molecular flexibility index (Phi) is 9.55. The lowest BCUT2D eigenvalue weighted by Gasteiger charge is -2.18. The third-order valence-corrected chi connectivity index (χ3v) is 7.45. The molecule has 2 N–H and O–H groups in total. The number of nitrogens with zero attached hydrogens (tertiary/aromatic N) is 2. The molecule has 1 heterocycles. The van der Waals surface area contributed by atoms with Crippen LogP contribution in [0.1, 0.15) is 35.1 Å². The van der Waals surface area contributed by atoms with Gasteiger partial charge in [-0.25, -0.2) is 0 Å². The molecule has 0 aliphatic carbocycles. The van der Waals surface area contributed by atoms with Crippen LogP contribution in [0.5, 0.6) is 17.2 Å². The van der Waals surface area contributed by atoms with Gasteiger partial charge in [-0.2, -0.15) is 0 Å². The quantitative estimate of drug-likeness (QED) is 0.301. The average molecular weight is 539 g/mol. The zero-order valence-electron chi connectivity index (χ0n) is 22.8. The lowest BCUT2D eigenvalue weighted by molar-refractivity contribution is 0.173. The first kappa shape index (κ1) is 28.2. The number of aromatic hydroxyl groups is 1. The fraction of sp³-hybridized carbons (Fsp3) is 0.419. The summed E-state index contributed by atoms with van der Waals surface area (Å²) >= 11 is 6.51. The van der Waals surface area contributed by atoms with Crippen molar-refractivity contribution in [3.05, 3.63) is 75.8 Å². The number of phenolic OH excluding ortho intramolecular Hbond substituents is 1. The van der Waals surface area contributed by atoms with Crippen LogP contribution in [-0.2, 0) is 13.2 Å². The average Bonchev–Trinajstić information content (AvgIpc) is 3.29. The molecule has 38 heavy (non-hydrogen) atoms. The molecule has 4 rings (SSSR count). The van der Waals surface area contributed by atoms with Crippen molar-refractivity contribution in [2.75, 3.05) is 40.3 Å². The van der Waals surface area contributed by atoms with Gasteiger partial charge in [-0.05, 0) is 87.3 Å². The van der Waals surface area contributed by atoms with Gasteiger partial charge in [0.25, 0.3) is 0 Å². The molecule has 1 aliphatic rings. The highest BCUT2D eigenvalue weighted by Crippen LogP contribution is 2.36. The van der Waals surface area contributed by atoms with Gasteiger partial charge in [0.1, 0.15) is 23.9 Å². The van der Waals surface area contributed by atoms with E-state index in [4.69, 9.17) is 21.1 Å². The third kappa shape index (κ3) is 7.00. The molecule has 7 heteroatoms. The highest BCUT2D eigenvalue weighted by molar-refractivity contribution is 6.31. The Bertz CT molecular complexity index is 1250. The Balaban J connectivity index is 1.43. The van der Waals surface area contributed by atoms with E-state index in [1.165, 1.54) is 0 Å². The highest BCUT2D eigenvalue weighted by Gasteiger charge is 2.19. The molecular formula is C31H39ClN2O4. The number of ether oxygens (including phenoxy) is 2. The van der Waals surface area contributed by atoms with E-state index in [-0.39, 0.29) is 18.5 Å². The molecule has 1 atom stereocenters. The summed E-state index contributed by atoms with van der Waals surface area (Å²) in [6.07, 6.45) is 1.60. The molecule has 3 aromatic carbocycles. The van der Waals surface area contributed by atoms with Crippen LogP contribution in [0.4, 0.5) is 0 Å². The molecule has 1 fully saturated rings. The first-order valence-corrected chi connectivity index (χ1v) is 13.6. The Labute approximate surface area is 231 Å². The van der Waals surface area contributed by atoms with Gasteiger partial charge in [0, 0.05) is 42.3 Å². The van der Waals surface area contributed by atoms with Crippen molar-refractivity contribution >= 4 is 11.6 Å². The predicted octanol–water partition coefficient (Wildman–Crippen LogP) is 5.81. The van der Waals surface area contributed by atoms with Gasteiger partial charge in [-0.15, -0.1) is 0 Å². The number of phenols is 1. The Hall–Kier alpha value is -2.77. The molecular weight excluding hydrogens is 500 g/mol. The zero-order chi connectivity index (χ0) is 27.2. The van der Waals surface area contributed by atoms with Gasteiger partial charge in [0.05, 0.1) is 12.7 Å². The number of β-amino-alcohol motifs (C(OH)–C–C–N with tert-alkyl or cyclic N) is 1. The topological polar surface area (TPSA) is 65.4 Å². The zero-order valence-corrected chi connectivity index (χ0v) is 23.6. The Morgan fingerprint density at radius 2 is 1.63 bits per heavy atom. The number of rotatable bonds is 11. The van der Waals surface area contributed by atoms with Crippen LogP contribution < -0.4 is 9.47 Å². The van der Waals surface area contributed by atoms with Gasteiger partial charge < -0.3 is 29.5 Å². The summed E-state index contributed by atoms with van der Waals surface area (Å²) < 4.78 is 12.3. The number of aliphatic hydroxyl groups is 1. The van der Waals surface area contributed by atoms with Crippen molar-refractivity contribution in [3.8, 4) is 28.4 Å². The first-order chi connectivity index (χ1) is 18.2. The van der Waals surface area contributed by atoms with E-state index in [1.54, 1.807) is 6.07 Å². The predicted molar refractivity (Wildman–Crippen MR) is 153 cm³/mol. The van der Waals surface area contributed by atoms with E-state index in [0.29, 0.717) is 18.2 Å². The maximum atomic E-state index is 10.4. The maximum absolute atomic E-state index is 10.4. The fourth-order valence-corrected chi connectivity index (χ4v) is 5.23. The summed E-state index contributed by atoms with van der Waals surface area (Å²) in [5.41, 5.74) is 5.85.